The number of nitrogens with zero attached hydrogens (tertiary/aromatic N) is 4. The molecular weight excluding hydrogens is 280 g/mol. The molecule has 0 aliphatic rings. The number of unbranched alkanes of at least 4 members (excludes halogenated alkanes) is 1. The summed E-state index contributed by atoms with van der Waals surface area (Å²) < 4.78 is 7.84. The van der Waals surface area contributed by atoms with Crippen molar-refractivity contribution in [3.05, 3.63) is 48.5 Å². The van der Waals surface area contributed by atoms with Crippen LogP contribution in [0.15, 0.2) is 53.2 Å². The topological polar surface area (TPSA) is 104 Å². The number of hydrogen-bond donors (Lipinski definition) is 2. The summed E-state index contributed by atoms with van der Waals surface area (Å²) >= 11 is 0. The first-order valence-electron chi connectivity index (χ1n) is 7.05. The highest BCUT2D eigenvalue weighted by Gasteiger charge is 2.00. The summed E-state index contributed by atoms with van der Waals surface area (Å²) in [5.41, 5.74) is 11.3. The zero-order valence-corrected chi connectivity index (χ0v) is 12.3. The number of imidazole rings is 1. The smallest absolute Gasteiger partial charge is 0.211 e. The van der Waals surface area contributed by atoms with E-state index in [4.69, 9.17) is 16.2 Å². The van der Waals surface area contributed by atoms with Crippen LogP contribution < -0.4 is 16.2 Å². The molecule has 4 N–H and O–H groups in total. The van der Waals surface area contributed by atoms with Gasteiger partial charge in [0, 0.05) is 24.5 Å². The lowest BCUT2D eigenvalue weighted by atomic mass is 10.2. The van der Waals surface area contributed by atoms with Gasteiger partial charge in [-0.2, -0.15) is 5.10 Å². The third kappa shape index (κ3) is 5.28. The first-order valence-corrected chi connectivity index (χ1v) is 7.05. The second kappa shape index (κ2) is 8.46. The van der Waals surface area contributed by atoms with E-state index in [0.717, 1.165) is 30.7 Å². The highest BCUT2D eigenvalue weighted by atomic mass is 16.5. The van der Waals surface area contributed by atoms with Gasteiger partial charge in [-0.15, -0.1) is 5.10 Å². The number of aryl methyl sites for hydroxylation is 1. The molecule has 0 fully saturated rings. The molecule has 1 aromatic heterocycles. The number of para-hydroxylation sites is 1. The first kappa shape index (κ1) is 15.6. The molecule has 1 heterocycles. The van der Waals surface area contributed by atoms with Crippen molar-refractivity contribution < 1.29 is 4.74 Å². The van der Waals surface area contributed by atoms with Crippen LogP contribution in [-0.2, 0) is 6.54 Å². The van der Waals surface area contributed by atoms with Crippen LogP contribution in [0.5, 0.6) is 5.75 Å². The molecule has 0 saturated carbocycles. The largest absolute Gasteiger partial charge is 0.493 e. The molecule has 0 bridgehead atoms. The van der Waals surface area contributed by atoms with Gasteiger partial charge in [0.1, 0.15) is 5.75 Å². The Kier molecular flexibility index (Phi) is 5.98. The monoisotopic (exact) mass is 300 g/mol. The van der Waals surface area contributed by atoms with E-state index >= 15 is 0 Å². The molecule has 0 amide bonds. The number of benzene rings is 1. The lowest BCUT2D eigenvalue weighted by Crippen LogP contribution is -2.21. The molecule has 22 heavy (non-hydrogen) atoms. The van der Waals surface area contributed by atoms with Crippen LogP contribution in [0.2, 0.25) is 0 Å². The molecule has 0 saturated heterocycles. The summed E-state index contributed by atoms with van der Waals surface area (Å²) in [4.78, 5) is 4.01. The molecule has 116 valence electrons. The van der Waals surface area contributed by atoms with Gasteiger partial charge in [-0.05, 0) is 25.0 Å². The fourth-order valence-corrected chi connectivity index (χ4v) is 1.87. The lowest BCUT2D eigenvalue weighted by molar-refractivity contribution is 0.303. The predicted molar refractivity (Wildman–Crippen MR) is 86.8 cm³/mol. The van der Waals surface area contributed by atoms with Crippen LogP contribution in [0, 0.1) is 0 Å². The molecule has 2 rings (SSSR count). The number of ether oxygens (including phenoxy) is 1. The first-order chi connectivity index (χ1) is 10.8. The van der Waals surface area contributed by atoms with Crippen LogP contribution in [0.3, 0.4) is 0 Å². The van der Waals surface area contributed by atoms with E-state index in [0.29, 0.717) is 6.61 Å². The fraction of sp³-hybridized carbons (Fsp3) is 0.267. The summed E-state index contributed by atoms with van der Waals surface area (Å²) in [6, 6.07) is 7.61. The van der Waals surface area contributed by atoms with E-state index in [9.17, 15) is 0 Å². The molecule has 0 spiro atoms. The molecule has 2 aromatic rings. The fourth-order valence-electron chi connectivity index (χ4n) is 1.87. The van der Waals surface area contributed by atoms with Crippen LogP contribution in [0.25, 0.3) is 0 Å². The van der Waals surface area contributed by atoms with Crippen molar-refractivity contribution in [3.8, 4) is 5.75 Å². The molecule has 7 heteroatoms. The minimum absolute atomic E-state index is 0.0749. The molecule has 7 nitrogen and oxygen atoms in total. The lowest BCUT2D eigenvalue weighted by Gasteiger charge is -2.08. The number of aromatic nitrogens is 2. The Morgan fingerprint density at radius 2 is 2.14 bits per heavy atom. The zero-order chi connectivity index (χ0) is 15.6. The quantitative estimate of drug-likeness (QED) is 0.332. The Bertz CT molecular complexity index is 617. The van der Waals surface area contributed by atoms with Crippen LogP contribution in [0.4, 0.5) is 0 Å². The molecule has 0 aliphatic carbocycles. The summed E-state index contributed by atoms with van der Waals surface area (Å²) in [7, 11) is 0. The normalized spacial score (nSPS) is 10.7. The standard InChI is InChI=1S/C15H20N6O/c16-15(17)20-19-11-13-5-1-2-6-14(13)22-10-4-3-8-21-9-7-18-12-21/h1-2,5-7,9,11-12H,3-4,8,10H2,(H4,16,17,20). The zero-order valence-electron chi connectivity index (χ0n) is 12.3. The van der Waals surface area contributed by atoms with Gasteiger partial charge in [-0.3, -0.25) is 0 Å². The van der Waals surface area contributed by atoms with E-state index in [1.807, 2.05) is 36.8 Å². The van der Waals surface area contributed by atoms with Crippen molar-refractivity contribution in [2.45, 2.75) is 19.4 Å². The highest BCUT2D eigenvalue weighted by Crippen LogP contribution is 2.16. The number of guanidine groups is 1. The summed E-state index contributed by atoms with van der Waals surface area (Å²) in [6.07, 6.45) is 9.11. The molecule has 0 radical (unpaired) electrons. The highest BCUT2D eigenvalue weighted by molar-refractivity contribution is 5.84. The second-order valence-corrected chi connectivity index (χ2v) is 4.66. The van der Waals surface area contributed by atoms with Gasteiger partial charge in [-0.1, -0.05) is 12.1 Å². The Morgan fingerprint density at radius 1 is 1.27 bits per heavy atom. The van der Waals surface area contributed by atoms with Gasteiger partial charge >= 0.3 is 0 Å². The average Bonchev–Trinajstić information content (AvgIpc) is 3.01. The number of rotatable bonds is 8. The van der Waals surface area contributed by atoms with Gasteiger partial charge in [0.15, 0.2) is 0 Å². The van der Waals surface area contributed by atoms with E-state index in [1.165, 1.54) is 0 Å². The van der Waals surface area contributed by atoms with Gasteiger partial charge in [0.25, 0.3) is 0 Å². The Labute approximate surface area is 129 Å². The van der Waals surface area contributed by atoms with Crippen LogP contribution in [0.1, 0.15) is 18.4 Å². The third-order valence-electron chi connectivity index (χ3n) is 2.92. The van der Waals surface area contributed by atoms with Gasteiger partial charge < -0.3 is 20.8 Å². The summed E-state index contributed by atoms with van der Waals surface area (Å²) in [6.45, 7) is 1.58. The Balaban J connectivity index is 1.79. The second-order valence-electron chi connectivity index (χ2n) is 4.66. The Hall–Kier alpha value is -2.83. The number of nitrogens with two attached hydrogens (primary N) is 2. The van der Waals surface area contributed by atoms with Crippen molar-refractivity contribution in [2.24, 2.45) is 21.7 Å². The van der Waals surface area contributed by atoms with Crippen molar-refractivity contribution in [3.63, 3.8) is 0 Å². The van der Waals surface area contributed by atoms with Crippen molar-refractivity contribution in [2.75, 3.05) is 6.61 Å². The minimum Gasteiger partial charge on any atom is -0.493 e. The summed E-state index contributed by atoms with van der Waals surface area (Å²) in [5.74, 6) is 0.689. The van der Waals surface area contributed by atoms with Crippen LogP contribution >= 0.6 is 0 Å². The summed E-state index contributed by atoms with van der Waals surface area (Å²) in [5, 5.41) is 7.38. The molecule has 0 aliphatic heterocycles. The van der Waals surface area contributed by atoms with Gasteiger partial charge in [0.05, 0.1) is 19.1 Å². The van der Waals surface area contributed by atoms with E-state index in [-0.39, 0.29) is 5.96 Å². The molecule has 0 unspecified atom stereocenters. The van der Waals surface area contributed by atoms with Crippen molar-refractivity contribution >= 4 is 12.2 Å². The maximum absolute atomic E-state index is 5.79. The average molecular weight is 300 g/mol. The molecule has 1 aromatic carbocycles. The Morgan fingerprint density at radius 3 is 2.91 bits per heavy atom. The van der Waals surface area contributed by atoms with Gasteiger partial charge in [0.2, 0.25) is 5.96 Å². The van der Waals surface area contributed by atoms with E-state index < -0.39 is 0 Å². The van der Waals surface area contributed by atoms with Gasteiger partial charge in [-0.25, -0.2) is 4.98 Å². The van der Waals surface area contributed by atoms with E-state index in [2.05, 4.69) is 19.8 Å². The molecule has 0 atom stereocenters. The van der Waals surface area contributed by atoms with Crippen molar-refractivity contribution in [1.82, 2.24) is 9.55 Å². The van der Waals surface area contributed by atoms with Crippen LogP contribution in [-0.4, -0.2) is 28.3 Å². The van der Waals surface area contributed by atoms with E-state index in [1.54, 1.807) is 12.4 Å². The molecular formula is C15H20N6O. The maximum Gasteiger partial charge on any atom is 0.211 e. The number of hydrogen-bond acceptors (Lipinski definition) is 4. The predicted octanol–water partition coefficient (Wildman–Crippen LogP) is 1.35. The van der Waals surface area contributed by atoms with Crippen molar-refractivity contribution in [1.29, 1.82) is 0 Å². The minimum atomic E-state index is -0.0749. The third-order valence-corrected chi connectivity index (χ3v) is 2.92. The maximum atomic E-state index is 5.79. The SMILES string of the molecule is NC(N)=NN=Cc1ccccc1OCCCCn1ccnc1.